The van der Waals surface area contributed by atoms with Gasteiger partial charge in [-0.1, -0.05) is 73.5 Å². The van der Waals surface area contributed by atoms with Gasteiger partial charge in [-0.3, -0.25) is 19.4 Å². The summed E-state index contributed by atoms with van der Waals surface area (Å²) in [6.45, 7) is 2.02. The number of aromatic nitrogens is 1. The van der Waals surface area contributed by atoms with Crippen LogP contribution < -0.4 is 16.0 Å². The van der Waals surface area contributed by atoms with Gasteiger partial charge in [-0.25, -0.2) is 4.79 Å². The Balaban J connectivity index is 1.25. The van der Waals surface area contributed by atoms with Gasteiger partial charge in [0.05, 0.1) is 12.2 Å². The van der Waals surface area contributed by atoms with Crippen LogP contribution in [-0.4, -0.2) is 35.3 Å². The van der Waals surface area contributed by atoms with Crippen molar-refractivity contribution in [3.8, 4) is 0 Å². The summed E-state index contributed by atoms with van der Waals surface area (Å²) in [4.78, 5) is 60.3. The molecule has 0 saturated heterocycles. The lowest BCUT2D eigenvalue weighted by atomic mass is 9.96. The fourth-order valence-electron chi connectivity index (χ4n) is 6.06. The van der Waals surface area contributed by atoms with Gasteiger partial charge in [0, 0.05) is 33.4 Å². The number of aryl methyl sites for hydroxylation is 1. The molecule has 11 heteroatoms. The highest BCUT2D eigenvalue weighted by Crippen LogP contribution is 2.41. The van der Waals surface area contributed by atoms with Gasteiger partial charge in [0.25, 0.3) is 11.8 Å². The zero-order chi connectivity index (χ0) is 37.0. The molecule has 1 atom stereocenters. The third-order valence-corrected chi connectivity index (χ3v) is 11.1. The summed E-state index contributed by atoms with van der Waals surface area (Å²) in [7, 11) is 0. The Morgan fingerprint density at radius 3 is 2.36 bits per heavy atom. The molecule has 270 valence electrons. The van der Waals surface area contributed by atoms with Crippen LogP contribution in [0.4, 0.5) is 10.7 Å². The molecule has 1 aliphatic rings. The van der Waals surface area contributed by atoms with E-state index in [1.807, 2.05) is 42.5 Å². The highest BCUT2D eigenvalue weighted by Gasteiger charge is 2.29. The fraction of sp³-hybridized carbons (Fsp3) is 0.214. The van der Waals surface area contributed by atoms with E-state index in [1.165, 1.54) is 23.1 Å². The molecule has 2 heterocycles. The molecule has 1 aliphatic carbocycles. The van der Waals surface area contributed by atoms with Gasteiger partial charge in [-0.15, -0.1) is 23.1 Å². The molecule has 9 nitrogen and oxygen atoms in total. The van der Waals surface area contributed by atoms with Gasteiger partial charge in [0.15, 0.2) is 0 Å². The van der Waals surface area contributed by atoms with Crippen molar-refractivity contribution < 1.29 is 23.9 Å². The van der Waals surface area contributed by atoms with Gasteiger partial charge >= 0.3 is 5.97 Å². The number of fused-ring (bicyclic) bond motifs is 1. The number of thioether (sulfide) groups is 1. The highest BCUT2D eigenvalue weighted by molar-refractivity contribution is 8.00. The standard InChI is InChI=1S/C42H40N4O5S2/c1-2-51-42(50)36-33-22-11-3-4-12-23-35(33)53-41(36)46-40(49)37(29-16-7-5-8-17-29)52-32-21-13-20-31(26-32)44-39(48)34(25-28-15-14-24-43-27-28)45-38(47)30-18-9-6-10-19-30/h5-10,13-21,24-27,37H,2-4,11-12,22-23H2,1H3,(H,44,48)(H,45,47)(H,46,49)/b34-25-. The van der Waals surface area contributed by atoms with Crippen LogP contribution in [0, 0.1) is 0 Å². The first-order chi connectivity index (χ1) is 25.9. The van der Waals surface area contributed by atoms with Crippen molar-refractivity contribution >= 4 is 63.6 Å². The molecule has 6 rings (SSSR count). The van der Waals surface area contributed by atoms with Gasteiger partial charge < -0.3 is 20.7 Å². The molecule has 3 amide bonds. The minimum absolute atomic E-state index is 0.0360. The first-order valence-electron chi connectivity index (χ1n) is 17.6. The molecule has 0 fully saturated rings. The quantitative estimate of drug-likeness (QED) is 0.0662. The second kappa shape index (κ2) is 18.3. The van der Waals surface area contributed by atoms with Crippen molar-refractivity contribution in [1.29, 1.82) is 0 Å². The summed E-state index contributed by atoms with van der Waals surface area (Å²) in [5, 5.41) is 8.60. The minimum Gasteiger partial charge on any atom is -0.462 e. The Morgan fingerprint density at radius 2 is 1.62 bits per heavy atom. The number of hydrogen-bond acceptors (Lipinski definition) is 8. The zero-order valence-electron chi connectivity index (χ0n) is 29.3. The number of rotatable bonds is 12. The first kappa shape index (κ1) is 37.2. The first-order valence-corrected chi connectivity index (χ1v) is 19.3. The van der Waals surface area contributed by atoms with Crippen LogP contribution in [0.25, 0.3) is 6.08 Å². The lowest BCUT2D eigenvalue weighted by molar-refractivity contribution is -0.116. The third kappa shape index (κ3) is 9.88. The van der Waals surface area contributed by atoms with Crippen LogP contribution in [0.15, 0.2) is 120 Å². The molecule has 5 aromatic rings. The monoisotopic (exact) mass is 744 g/mol. The average Bonchev–Trinajstić information content (AvgIpc) is 3.49. The molecular formula is C42H40N4O5S2. The SMILES string of the molecule is CCOC(=O)c1c(NC(=O)C(Sc2cccc(NC(=O)/C(=C/c3cccnc3)NC(=O)c3ccccc3)c2)c2ccccc2)sc2c1CCCCCC2. The lowest BCUT2D eigenvalue weighted by Gasteiger charge is -2.18. The Morgan fingerprint density at radius 1 is 0.868 bits per heavy atom. The molecule has 0 bridgehead atoms. The van der Waals surface area contributed by atoms with Crippen LogP contribution in [-0.2, 0) is 27.2 Å². The Bertz CT molecular complexity index is 2080. The smallest absolute Gasteiger partial charge is 0.341 e. The molecule has 2 aromatic heterocycles. The molecule has 0 saturated carbocycles. The summed E-state index contributed by atoms with van der Waals surface area (Å²) in [6, 6.07) is 28.8. The van der Waals surface area contributed by atoms with Crippen molar-refractivity contribution in [3.05, 3.63) is 148 Å². The van der Waals surface area contributed by atoms with E-state index in [1.54, 1.807) is 80.0 Å². The summed E-state index contributed by atoms with van der Waals surface area (Å²) in [5.74, 6) is -1.65. The predicted molar refractivity (Wildman–Crippen MR) is 211 cm³/mol. The van der Waals surface area contributed by atoms with Gasteiger partial charge in [0.2, 0.25) is 5.91 Å². The Kier molecular flexibility index (Phi) is 12.9. The number of thiophene rings is 1. The van der Waals surface area contributed by atoms with Gasteiger partial charge in [-0.05, 0) is 91.8 Å². The van der Waals surface area contributed by atoms with E-state index in [2.05, 4.69) is 20.9 Å². The Labute approximate surface area is 317 Å². The van der Waals surface area contributed by atoms with Crippen molar-refractivity contribution in [2.75, 3.05) is 17.2 Å². The number of ether oxygens (including phenoxy) is 1. The maximum Gasteiger partial charge on any atom is 0.341 e. The number of carbonyl (C=O) groups excluding carboxylic acids is 4. The molecule has 3 N–H and O–H groups in total. The average molecular weight is 745 g/mol. The van der Waals surface area contributed by atoms with Crippen LogP contribution in [0.2, 0.25) is 0 Å². The summed E-state index contributed by atoms with van der Waals surface area (Å²) < 4.78 is 5.47. The van der Waals surface area contributed by atoms with E-state index >= 15 is 0 Å². The number of amides is 3. The molecule has 53 heavy (non-hydrogen) atoms. The number of pyridine rings is 1. The van der Waals surface area contributed by atoms with E-state index < -0.39 is 23.0 Å². The summed E-state index contributed by atoms with van der Waals surface area (Å²) in [6.07, 6.45) is 10.7. The number of benzene rings is 3. The van der Waals surface area contributed by atoms with Crippen molar-refractivity contribution in [1.82, 2.24) is 10.3 Å². The molecule has 0 aliphatic heterocycles. The second-order valence-electron chi connectivity index (χ2n) is 12.4. The van der Waals surface area contributed by atoms with Crippen molar-refractivity contribution in [3.63, 3.8) is 0 Å². The van der Waals surface area contributed by atoms with Gasteiger partial charge in [-0.2, -0.15) is 0 Å². The predicted octanol–water partition coefficient (Wildman–Crippen LogP) is 8.86. The number of nitrogens with one attached hydrogen (secondary N) is 3. The maximum absolute atomic E-state index is 14.2. The summed E-state index contributed by atoms with van der Waals surface area (Å²) >= 11 is 2.80. The number of nitrogens with zero attached hydrogens (tertiary/aromatic N) is 1. The highest BCUT2D eigenvalue weighted by atomic mass is 32.2. The molecule has 0 radical (unpaired) electrons. The number of hydrogen-bond donors (Lipinski definition) is 3. The van der Waals surface area contributed by atoms with Crippen LogP contribution in [0.3, 0.4) is 0 Å². The molecule has 3 aromatic carbocycles. The normalized spacial score (nSPS) is 13.4. The maximum atomic E-state index is 14.2. The van der Waals surface area contributed by atoms with Crippen LogP contribution in [0.1, 0.15) is 80.1 Å². The van der Waals surface area contributed by atoms with E-state index in [0.717, 1.165) is 59.4 Å². The van der Waals surface area contributed by atoms with E-state index in [0.29, 0.717) is 27.4 Å². The fourth-order valence-corrected chi connectivity index (χ4v) is 8.42. The number of carbonyl (C=O) groups is 4. The zero-order valence-corrected chi connectivity index (χ0v) is 30.9. The van der Waals surface area contributed by atoms with Crippen molar-refractivity contribution in [2.45, 2.75) is 55.6 Å². The second-order valence-corrected chi connectivity index (χ2v) is 14.7. The van der Waals surface area contributed by atoms with E-state index in [9.17, 15) is 19.2 Å². The molecular weight excluding hydrogens is 705 g/mol. The van der Waals surface area contributed by atoms with Crippen LogP contribution in [0.5, 0.6) is 0 Å². The van der Waals surface area contributed by atoms with E-state index in [4.69, 9.17) is 4.74 Å². The lowest BCUT2D eigenvalue weighted by Crippen LogP contribution is -2.30. The van der Waals surface area contributed by atoms with Gasteiger partial charge in [0.1, 0.15) is 15.9 Å². The van der Waals surface area contributed by atoms with Crippen LogP contribution >= 0.6 is 23.1 Å². The van der Waals surface area contributed by atoms with E-state index in [-0.39, 0.29) is 18.2 Å². The Hall–Kier alpha value is -5.52. The topological polar surface area (TPSA) is 126 Å². The number of esters is 1. The third-order valence-electron chi connectivity index (χ3n) is 8.60. The summed E-state index contributed by atoms with van der Waals surface area (Å²) in [5.41, 5.74) is 3.79. The minimum atomic E-state index is -0.687. The molecule has 0 spiro atoms. The largest absolute Gasteiger partial charge is 0.462 e. The molecule has 1 unspecified atom stereocenters. The van der Waals surface area contributed by atoms with Crippen molar-refractivity contribution in [2.24, 2.45) is 0 Å². The number of anilines is 2.